The lowest BCUT2D eigenvalue weighted by molar-refractivity contribution is 0.218. The molecular formula is C14H27NO2S. The zero-order valence-electron chi connectivity index (χ0n) is 11.6. The summed E-state index contributed by atoms with van der Waals surface area (Å²) in [6.45, 7) is 2.30. The maximum Gasteiger partial charge on any atom is 0.150 e. The summed E-state index contributed by atoms with van der Waals surface area (Å²) in [5.41, 5.74) is 6.45. The van der Waals surface area contributed by atoms with E-state index in [0.717, 1.165) is 31.6 Å². The van der Waals surface area contributed by atoms with Crippen LogP contribution in [-0.2, 0) is 9.84 Å². The Morgan fingerprint density at radius 3 is 2.33 bits per heavy atom. The highest BCUT2D eigenvalue weighted by Gasteiger charge is 2.37. The van der Waals surface area contributed by atoms with Crippen molar-refractivity contribution in [3.05, 3.63) is 0 Å². The molecule has 2 N–H and O–H groups in total. The third kappa shape index (κ3) is 3.08. The predicted molar refractivity (Wildman–Crippen MR) is 75.1 cm³/mol. The van der Waals surface area contributed by atoms with E-state index >= 15 is 0 Å². The molecule has 18 heavy (non-hydrogen) atoms. The first kappa shape index (κ1) is 14.3. The fourth-order valence-electron chi connectivity index (χ4n) is 4.02. The van der Waals surface area contributed by atoms with Crippen molar-refractivity contribution in [3.8, 4) is 0 Å². The molecule has 3 nitrogen and oxygen atoms in total. The average molecular weight is 273 g/mol. The largest absolute Gasteiger partial charge is 0.327 e. The molecule has 2 aliphatic carbocycles. The van der Waals surface area contributed by atoms with Gasteiger partial charge in [-0.05, 0) is 43.4 Å². The van der Waals surface area contributed by atoms with E-state index in [-0.39, 0.29) is 11.3 Å². The summed E-state index contributed by atoms with van der Waals surface area (Å²) >= 11 is 0. The number of rotatable bonds is 3. The highest BCUT2D eigenvalue weighted by Crippen LogP contribution is 2.39. The molecule has 0 aromatic carbocycles. The van der Waals surface area contributed by atoms with E-state index in [0.29, 0.717) is 11.8 Å². The summed E-state index contributed by atoms with van der Waals surface area (Å²) in [5, 5.41) is -0.140. The van der Waals surface area contributed by atoms with Gasteiger partial charge in [-0.25, -0.2) is 8.42 Å². The summed E-state index contributed by atoms with van der Waals surface area (Å²) in [6, 6.07) is 0.215. The van der Waals surface area contributed by atoms with Gasteiger partial charge in [-0.15, -0.1) is 0 Å². The monoisotopic (exact) mass is 273 g/mol. The van der Waals surface area contributed by atoms with E-state index in [9.17, 15) is 8.42 Å². The van der Waals surface area contributed by atoms with Crippen LogP contribution in [0.3, 0.4) is 0 Å². The van der Waals surface area contributed by atoms with Gasteiger partial charge in [0, 0.05) is 12.3 Å². The van der Waals surface area contributed by atoms with Gasteiger partial charge in [-0.2, -0.15) is 0 Å². The van der Waals surface area contributed by atoms with E-state index < -0.39 is 9.84 Å². The lowest BCUT2D eigenvalue weighted by atomic mass is 9.76. The predicted octanol–water partition coefficient (Wildman–Crippen LogP) is 2.35. The number of sulfone groups is 1. The normalized spacial score (nSPS) is 39.7. The Balaban J connectivity index is 2.00. The van der Waals surface area contributed by atoms with Crippen LogP contribution in [-0.4, -0.2) is 26.0 Å². The van der Waals surface area contributed by atoms with Crippen molar-refractivity contribution >= 4 is 9.84 Å². The Hall–Kier alpha value is -0.0900. The summed E-state index contributed by atoms with van der Waals surface area (Å²) in [4.78, 5) is 0. The van der Waals surface area contributed by atoms with Gasteiger partial charge in [0.1, 0.15) is 9.84 Å². The van der Waals surface area contributed by atoms with Crippen LogP contribution >= 0.6 is 0 Å². The Morgan fingerprint density at radius 2 is 1.78 bits per heavy atom. The summed E-state index contributed by atoms with van der Waals surface area (Å²) in [6.07, 6.45) is 8.98. The van der Waals surface area contributed by atoms with Gasteiger partial charge in [0.15, 0.2) is 0 Å². The molecule has 0 heterocycles. The summed E-state index contributed by atoms with van der Waals surface area (Å²) in [7, 11) is -2.88. The number of hydrogen-bond acceptors (Lipinski definition) is 3. The second kappa shape index (κ2) is 5.49. The van der Waals surface area contributed by atoms with Gasteiger partial charge in [0.25, 0.3) is 0 Å². The van der Waals surface area contributed by atoms with Crippen molar-refractivity contribution in [1.29, 1.82) is 0 Å². The molecule has 2 fully saturated rings. The quantitative estimate of drug-likeness (QED) is 0.858. The zero-order valence-corrected chi connectivity index (χ0v) is 12.5. The van der Waals surface area contributed by atoms with E-state index in [1.54, 1.807) is 0 Å². The molecule has 5 atom stereocenters. The van der Waals surface area contributed by atoms with Crippen molar-refractivity contribution in [3.63, 3.8) is 0 Å². The molecule has 0 spiro atoms. The van der Waals surface area contributed by atoms with E-state index in [4.69, 9.17) is 5.73 Å². The maximum atomic E-state index is 11.7. The molecule has 0 bridgehead atoms. The van der Waals surface area contributed by atoms with Crippen LogP contribution < -0.4 is 5.73 Å². The molecular weight excluding hydrogens is 246 g/mol. The number of hydrogen-bond donors (Lipinski definition) is 1. The van der Waals surface area contributed by atoms with Crippen LogP contribution in [0.2, 0.25) is 0 Å². The fraction of sp³-hybridized carbons (Fsp3) is 1.00. The first-order chi connectivity index (χ1) is 8.39. The van der Waals surface area contributed by atoms with Crippen LogP contribution in [0.25, 0.3) is 0 Å². The van der Waals surface area contributed by atoms with Crippen molar-refractivity contribution in [1.82, 2.24) is 0 Å². The standard InChI is InChI=1S/C14H27NO2S/c1-10-5-3-8-13(10)14(15)11-6-4-7-12(9-11)18(2,16)17/h10-14H,3-9,15H2,1-2H3. The minimum atomic E-state index is -2.88. The molecule has 2 saturated carbocycles. The zero-order chi connectivity index (χ0) is 13.3. The van der Waals surface area contributed by atoms with E-state index in [1.165, 1.54) is 25.5 Å². The number of nitrogens with two attached hydrogens (primary N) is 1. The molecule has 0 aromatic heterocycles. The second-order valence-electron chi connectivity index (χ2n) is 6.53. The molecule has 106 valence electrons. The van der Waals surface area contributed by atoms with Crippen LogP contribution in [0.1, 0.15) is 51.9 Å². The van der Waals surface area contributed by atoms with Crippen LogP contribution in [0.4, 0.5) is 0 Å². The van der Waals surface area contributed by atoms with Gasteiger partial charge in [0.05, 0.1) is 5.25 Å². The molecule has 2 rings (SSSR count). The summed E-state index contributed by atoms with van der Waals surface area (Å²) < 4.78 is 23.4. The third-order valence-corrected chi connectivity index (χ3v) is 6.88. The fourth-order valence-corrected chi connectivity index (χ4v) is 5.21. The Kier molecular flexibility index (Phi) is 4.37. The molecule has 0 amide bonds. The van der Waals surface area contributed by atoms with Gasteiger partial charge >= 0.3 is 0 Å². The SMILES string of the molecule is CC1CCCC1C(N)C1CCCC(S(C)(=O)=O)C1. The van der Waals surface area contributed by atoms with Gasteiger partial charge < -0.3 is 5.73 Å². The van der Waals surface area contributed by atoms with Crippen molar-refractivity contribution < 1.29 is 8.42 Å². The maximum absolute atomic E-state index is 11.7. The molecule has 2 aliphatic rings. The van der Waals surface area contributed by atoms with Crippen LogP contribution in [0, 0.1) is 17.8 Å². The first-order valence-electron chi connectivity index (χ1n) is 7.34. The molecule has 5 unspecified atom stereocenters. The van der Waals surface area contributed by atoms with Crippen molar-refractivity contribution in [2.24, 2.45) is 23.5 Å². The Morgan fingerprint density at radius 1 is 1.11 bits per heavy atom. The minimum absolute atomic E-state index is 0.140. The lowest BCUT2D eigenvalue weighted by Crippen LogP contribution is -2.43. The van der Waals surface area contributed by atoms with Crippen molar-refractivity contribution in [2.45, 2.75) is 63.2 Å². The first-order valence-corrected chi connectivity index (χ1v) is 9.29. The molecule has 0 aromatic rings. The average Bonchev–Trinajstić information content (AvgIpc) is 2.73. The van der Waals surface area contributed by atoms with E-state index in [2.05, 4.69) is 6.92 Å². The highest BCUT2D eigenvalue weighted by molar-refractivity contribution is 7.91. The van der Waals surface area contributed by atoms with Crippen LogP contribution in [0.15, 0.2) is 0 Å². The lowest BCUT2D eigenvalue weighted by Gasteiger charge is -2.36. The highest BCUT2D eigenvalue weighted by atomic mass is 32.2. The van der Waals surface area contributed by atoms with Gasteiger partial charge in [0.2, 0.25) is 0 Å². The topological polar surface area (TPSA) is 60.2 Å². The molecule has 4 heteroatoms. The molecule has 0 aliphatic heterocycles. The van der Waals surface area contributed by atoms with Crippen LogP contribution in [0.5, 0.6) is 0 Å². The summed E-state index contributed by atoms with van der Waals surface area (Å²) in [5.74, 6) is 1.76. The smallest absolute Gasteiger partial charge is 0.150 e. The third-order valence-electron chi connectivity index (χ3n) is 5.24. The van der Waals surface area contributed by atoms with Gasteiger partial charge in [-0.3, -0.25) is 0 Å². The molecule has 0 radical (unpaired) electrons. The van der Waals surface area contributed by atoms with Gasteiger partial charge in [-0.1, -0.05) is 26.2 Å². The van der Waals surface area contributed by atoms with E-state index in [1.807, 2.05) is 0 Å². The Bertz CT molecular complexity index is 379. The Labute approximate surface area is 111 Å². The molecule has 0 saturated heterocycles. The second-order valence-corrected chi connectivity index (χ2v) is 8.85. The minimum Gasteiger partial charge on any atom is -0.327 e. The van der Waals surface area contributed by atoms with Crippen molar-refractivity contribution in [2.75, 3.05) is 6.26 Å².